The topological polar surface area (TPSA) is 175 Å². The summed E-state index contributed by atoms with van der Waals surface area (Å²) in [6.07, 6.45) is 70.6. The van der Waals surface area contributed by atoms with Gasteiger partial charge in [-0.05, 0) is 57.8 Å². The average molecular weight is 1200 g/mol. The van der Waals surface area contributed by atoms with E-state index in [1.54, 1.807) is 6.08 Å². The van der Waals surface area contributed by atoms with Crippen molar-refractivity contribution in [2.45, 2.75) is 416 Å². The predicted octanol–water partition coefficient (Wildman–Crippen LogP) is 19.2. The van der Waals surface area contributed by atoms with Crippen LogP contribution < -0.4 is 5.32 Å². The molecule has 1 rings (SSSR count). The average Bonchev–Trinajstić information content (AvgIpc) is 3.31. The van der Waals surface area contributed by atoms with E-state index in [4.69, 9.17) is 14.2 Å². The van der Waals surface area contributed by atoms with Gasteiger partial charge in [-0.25, -0.2) is 0 Å². The van der Waals surface area contributed by atoms with Gasteiger partial charge in [0.2, 0.25) is 5.91 Å². The minimum atomic E-state index is -1.57. The molecule has 0 spiro atoms. The number of ether oxygens (including phenoxy) is 3. The second-order valence-corrected chi connectivity index (χ2v) is 26.0. The molecule has 0 aromatic heterocycles. The van der Waals surface area contributed by atoms with E-state index >= 15 is 0 Å². The lowest BCUT2D eigenvalue weighted by atomic mass is 9.99. The third-order valence-electron chi connectivity index (χ3n) is 17.8. The molecule has 1 heterocycles. The molecule has 7 atom stereocenters. The minimum absolute atomic E-state index is 0.00684. The van der Waals surface area contributed by atoms with Crippen LogP contribution in [0.4, 0.5) is 0 Å². The Labute approximate surface area is 524 Å². The monoisotopic (exact) mass is 1200 g/mol. The maximum Gasteiger partial charge on any atom is 0.305 e. The van der Waals surface area contributed by atoms with E-state index in [1.165, 1.54) is 289 Å². The van der Waals surface area contributed by atoms with Crippen molar-refractivity contribution in [2.75, 3.05) is 19.8 Å². The molecular weight excluding hydrogens is 1060 g/mol. The first kappa shape index (κ1) is 81.2. The van der Waals surface area contributed by atoms with Crippen LogP contribution in [0.3, 0.4) is 0 Å². The van der Waals surface area contributed by atoms with Crippen molar-refractivity contribution < 1.29 is 49.3 Å². The molecule has 6 N–H and O–H groups in total. The van der Waals surface area contributed by atoms with Crippen LogP contribution in [0.5, 0.6) is 0 Å². The van der Waals surface area contributed by atoms with Crippen molar-refractivity contribution >= 4 is 11.9 Å². The summed E-state index contributed by atoms with van der Waals surface area (Å²) >= 11 is 0. The van der Waals surface area contributed by atoms with Gasteiger partial charge in [0.1, 0.15) is 24.4 Å². The van der Waals surface area contributed by atoms with Crippen molar-refractivity contribution in [3.8, 4) is 0 Å². The molecule has 1 amide bonds. The maximum absolute atomic E-state index is 13.0. The van der Waals surface area contributed by atoms with Crippen LogP contribution in [0.15, 0.2) is 24.3 Å². The van der Waals surface area contributed by atoms with Crippen molar-refractivity contribution in [1.29, 1.82) is 0 Å². The molecule has 0 bridgehead atoms. The molecule has 1 aliphatic heterocycles. The van der Waals surface area contributed by atoms with Gasteiger partial charge in [0, 0.05) is 12.8 Å². The minimum Gasteiger partial charge on any atom is -0.466 e. The van der Waals surface area contributed by atoms with Gasteiger partial charge in [0.15, 0.2) is 6.29 Å². The molecule has 11 heteroatoms. The summed E-state index contributed by atoms with van der Waals surface area (Å²) in [5.74, 6) is -0.171. The van der Waals surface area contributed by atoms with Gasteiger partial charge in [0.05, 0.1) is 32.0 Å². The Bertz CT molecular complexity index is 1460. The SMILES string of the molecule is CCCCCCCCC/C=C\CCCCCCCC(=O)OCCCCCCCCCCCCCCCCCCCCCCCCCCCCCCCCCCC(=O)NC(COC1OC(CO)C(O)C(O)C1O)C(O)/C=C/CCCCCCCCC. The molecule has 0 aliphatic carbocycles. The maximum atomic E-state index is 13.0. The molecule has 1 fully saturated rings. The van der Waals surface area contributed by atoms with Crippen LogP contribution in [-0.4, -0.2) is 100 Å². The summed E-state index contributed by atoms with van der Waals surface area (Å²) in [6.45, 7) is 4.35. The van der Waals surface area contributed by atoms with Crippen LogP contribution in [0.2, 0.25) is 0 Å². The van der Waals surface area contributed by atoms with E-state index in [2.05, 4.69) is 31.3 Å². The summed E-state index contributed by atoms with van der Waals surface area (Å²) < 4.78 is 16.7. The Morgan fingerprint density at radius 2 is 0.753 bits per heavy atom. The van der Waals surface area contributed by atoms with Crippen LogP contribution in [-0.2, 0) is 23.8 Å². The number of amides is 1. The lowest BCUT2D eigenvalue weighted by Gasteiger charge is -2.40. The number of carbonyl (C=O) groups is 2. The van der Waals surface area contributed by atoms with Crippen molar-refractivity contribution in [3.63, 3.8) is 0 Å². The van der Waals surface area contributed by atoms with E-state index in [-0.39, 0.29) is 18.5 Å². The second-order valence-electron chi connectivity index (χ2n) is 26.0. The molecule has 1 aliphatic rings. The molecule has 502 valence electrons. The molecule has 11 nitrogen and oxygen atoms in total. The zero-order chi connectivity index (χ0) is 61.6. The lowest BCUT2D eigenvalue weighted by Crippen LogP contribution is -2.60. The summed E-state index contributed by atoms with van der Waals surface area (Å²) in [6, 6.07) is -0.805. The van der Waals surface area contributed by atoms with Crippen LogP contribution >= 0.6 is 0 Å². The molecule has 0 saturated carbocycles. The Morgan fingerprint density at radius 1 is 0.424 bits per heavy atom. The zero-order valence-corrected chi connectivity index (χ0v) is 55.8. The largest absolute Gasteiger partial charge is 0.466 e. The van der Waals surface area contributed by atoms with Gasteiger partial charge >= 0.3 is 5.97 Å². The second kappa shape index (κ2) is 63.7. The Balaban J connectivity index is 1.87. The van der Waals surface area contributed by atoms with Gasteiger partial charge in [-0.15, -0.1) is 0 Å². The first-order valence-corrected chi connectivity index (χ1v) is 37.1. The smallest absolute Gasteiger partial charge is 0.305 e. The standard InChI is InChI=1S/C74H141NO10/c1-3-5-7-9-11-13-14-15-16-36-39-42-46-50-54-58-62-70(79)83-63-59-55-51-47-43-40-37-34-32-30-28-26-24-22-20-18-17-19-21-23-25-27-29-31-33-35-38-41-45-49-53-57-61-69(78)75-66(67(77)60-56-52-48-44-12-10-8-6-4-2)65-84-74-73(82)72(81)71(80)68(64-76)85-74/h16,36,56,60,66-68,71-74,76-77,80-82H,3-15,17-35,37-55,57-59,61-65H2,1-2H3,(H,75,78)/b36-16-,60-56+. The van der Waals surface area contributed by atoms with Gasteiger partial charge in [-0.1, -0.05) is 327 Å². The quantitative estimate of drug-likeness (QED) is 0.0195. The number of allylic oxidation sites excluding steroid dienone is 3. The summed E-state index contributed by atoms with van der Waals surface area (Å²) in [5, 5.41) is 54.3. The van der Waals surface area contributed by atoms with Crippen LogP contribution in [0.25, 0.3) is 0 Å². The number of nitrogens with one attached hydrogen (secondary N) is 1. The van der Waals surface area contributed by atoms with Crippen molar-refractivity contribution in [1.82, 2.24) is 5.32 Å². The van der Waals surface area contributed by atoms with Crippen LogP contribution in [0.1, 0.15) is 373 Å². The number of esters is 1. The van der Waals surface area contributed by atoms with E-state index in [9.17, 15) is 35.1 Å². The highest BCUT2D eigenvalue weighted by atomic mass is 16.7. The van der Waals surface area contributed by atoms with Crippen LogP contribution in [0, 0.1) is 0 Å². The van der Waals surface area contributed by atoms with E-state index < -0.39 is 49.5 Å². The lowest BCUT2D eigenvalue weighted by molar-refractivity contribution is -0.302. The number of aliphatic hydroxyl groups is 5. The number of unbranched alkanes of at least 4 members (excludes halogenated alkanes) is 50. The fourth-order valence-electron chi connectivity index (χ4n) is 12.0. The number of carbonyl (C=O) groups excluding carboxylic acids is 2. The van der Waals surface area contributed by atoms with Gasteiger partial charge in [0.25, 0.3) is 0 Å². The molecule has 0 aromatic carbocycles. The molecule has 0 aromatic rings. The number of rotatable bonds is 66. The Hall–Kier alpha value is -1.86. The number of hydrogen-bond acceptors (Lipinski definition) is 10. The molecule has 85 heavy (non-hydrogen) atoms. The fourth-order valence-corrected chi connectivity index (χ4v) is 12.0. The van der Waals surface area contributed by atoms with E-state index in [0.717, 1.165) is 57.8 Å². The van der Waals surface area contributed by atoms with Gasteiger partial charge in [-0.2, -0.15) is 0 Å². The Kier molecular flexibility index (Phi) is 60.8. The highest BCUT2D eigenvalue weighted by Gasteiger charge is 2.44. The van der Waals surface area contributed by atoms with Gasteiger partial charge < -0.3 is 45.1 Å². The van der Waals surface area contributed by atoms with E-state index in [0.29, 0.717) is 19.4 Å². The van der Waals surface area contributed by atoms with Gasteiger partial charge in [-0.3, -0.25) is 9.59 Å². The number of hydrogen-bond donors (Lipinski definition) is 6. The highest BCUT2D eigenvalue weighted by molar-refractivity contribution is 5.76. The zero-order valence-electron chi connectivity index (χ0n) is 55.8. The first-order chi connectivity index (χ1) is 41.7. The van der Waals surface area contributed by atoms with Crippen molar-refractivity contribution in [3.05, 3.63) is 24.3 Å². The molecular formula is C74H141NO10. The molecule has 7 unspecified atom stereocenters. The molecule has 1 saturated heterocycles. The summed E-state index contributed by atoms with van der Waals surface area (Å²) in [7, 11) is 0. The third-order valence-corrected chi connectivity index (χ3v) is 17.8. The number of aliphatic hydroxyl groups excluding tert-OH is 5. The predicted molar refractivity (Wildman–Crippen MR) is 357 cm³/mol. The normalized spacial score (nSPS) is 18.0. The van der Waals surface area contributed by atoms with Crippen molar-refractivity contribution in [2.24, 2.45) is 0 Å². The van der Waals surface area contributed by atoms with E-state index in [1.807, 2.05) is 6.08 Å². The third kappa shape index (κ3) is 52.6. The highest BCUT2D eigenvalue weighted by Crippen LogP contribution is 2.24. The summed E-state index contributed by atoms with van der Waals surface area (Å²) in [5.41, 5.74) is 0. The molecule has 0 radical (unpaired) electrons. The summed E-state index contributed by atoms with van der Waals surface area (Å²) in [4.78, 5) is 25.1. The Morgan fingerprint density at radius 3 is 1.13 bits per heavy atom. The first-order valence-electron chi connectivity index (χ1n) is 37.1. The fraction of sp³-hybridized carbons (Fsp3) is 0.919.